The van der Waals surface area contributed by atoms with Gasteiger partial charge in [0, 0.05) is 24.2 Å². The van der Waals surface area contributed by atoms with Gasteiger partial charge in [-0.3, -0.25) is 9.59 Å². The van der Waals surface area contributed by atoms with E-state index in [1.165, 1.54) is 11.1 Å². The third-order valence-electron chi connectivity index (χ3n) is 5.44. The molecule has 0 aromatic heterocycles. The number of piperidine rings is 1. The molecule has 2 aliphatic rings. The summed E-state index contributed by atoms with van der Waals surface area (Å²) in [6.45, 7) is 0.767. The fraction of sp³-hybridized carbons (Fsp3) is 0.364. The summed E-state index contributed by atoms with van der Waals surface area (Å²) in [4.78, 5) is 26.5. The number of carbonyl (C=O) groups excluding carboxylic acids is 2. The molecule has 0 spiro atoms. The molecule has 1 fully saturated rings. The number of hydrogen-bond acceptors (Lipinski definition) is 2. The Morgan fingerprint density at radius 1 is 0.962 bits per heavy atom. The van der Waals surface area contributed by atoms with Crippen molar-refractivity contribution in [1.82, 2.24) is 5.32 Å². The quantitative estimate of drug-likeness (QED) is 0.911. The maximum absolute atomic E-state index is 12.7. The van der Waals surface area contributed by atoms with Crippen molar-refractivity contribution in [3.8, 4) is 0 Å². The van der Waals surface area contributed by atoms with Crippen molar-refractivity contribution in [1.29, 1.82) is 0 Å². The first-order valence-corrected chi connectivity index (χ1v) is 9.51. The molecule has 4 nitrogen and oxygen atoms in total. The number of fused-ring (bicyclic) bond motifs is 1. The lowest BCUT2D eigenvalue weighted by Crippen LogP contribution is -2.35. The van der Waals surface area contributed by atoms with E-state index in [4.69, 9.17) is 0 Å². The summed E-state index contributed by atoms with van der Waals surface area (Å²) in [6, 6.07) is 15.8. The zero-order chi connectivity index (χ0) is 17.9. The highest BCUT2D eigenvalue weighted by Crippen LogP contribution is 2.30. The summed E-state index contributed by atoms with van der Waals surface area (Å²) < 4.78 is 0. The number of rotatable bonds is 3. The van der Waals surface area contributed by atoms with Crippen molar-refractivity contribution in [2.75, 3.05) is 11.4 Å². The Morgan fingerprint density at radius 2 is 1.77 bits per heavy atom. The number of hydrogen-bond donors (Lipinski definition) is 1. The van der Waals surface area contributed by atoms with Gasteiger partial charge < -0.3 is 10.2 Å². The smallest absolute Gasteiger partial charge is 0.251 e. The molecule has 1 atom stereocenters. The van der Waals surface area contributed by atoms with Crippen LogP contribution in [0, 0.1) is 0 Å². The van der Waals surface area contributed by atoms with Crippen molar-refractivity contribution < 1.29 is 9.59 Å². The van der Waals surface area contributed by atoms with E-state index < -0.39 is 0 Å². The minimum atomic E-state index is -0.0526. The number of anilines is 1. The van der Waals surface area contributed by atoms with Gasteiger partial charge in [0.15, 0.2) is 0 Å². The third kappa shape index (κ3) is 3.36. The SMILES string of the molecule is O=C(NC1CCCc2ccccc21)c1ccc(N2CCCCC2=O)cc1. The van der Waals surface area contributed by atoms with Gasteiger partial charge in [0.05, 0.1) is 6.04 Å². The molecule has 0 saturated carbocycles. The number of carbonyl (C=O) groups is 2. The van der Waals surface area contributed by atoms with E-state index in [0.717, 1.165) is 44.3 Å². The molecule has 134 valence electrons. The number of nitrogens with zero attached hydrogens (tertiary/aromatic N) is 1. The molecule has 4 heteroatoms. The van der Waals surface area contributed by atoms with E-state index in [2.05, 4.69) is 23.5 Å². The summed E-state index contributed by atoms with van der Waals surface area (Å²) in [6.07, 6.45) is 5.78. The lowest BCUT2D eigenvalue weighted by Gasteiger charge is -2.27. The Morgan fingerprint density at radius 3 is 2.58 bits per heavy atom. The van der Waals surface area contributed by atoms with Crippen LogP contribution in [0.1, 0.15) is 59.6 Å². The summed E-state index contributed by atoms with van der Waals surface area (Å²) in [5.41, 5.74) is 4.10. The Kier molecular flexibility index (Phi) is 4.74. The van der Waals surface area contributed by atoms with Gasteiger partial charge in [-0.05, 0) is 67.5 Å². The van der Waals surface area contributed by atoms with Crippen LogP contribution in [0.25, 0.3) is 0 Å². The standard InChI is InChI=1S/C22H24N2O2/c25-21-10-3-4-15-24(21)18-13-11-17(12-14-18)22(26)23-20-9-5-7-16-6-1-2-8-19(16)20/h1-2,6,8,11-14,20H,3-5,7,9-10,15H2,(H,23,26). The fourth-order valence-corrected chi connectivity index (χ4v) is 4.02. The Labute approximate surface area is 154 Å². The molecule has 2 aromatic carbocycles. The summed E-state index contributed by atoms with van der Waals surface area (Å²) >= 11 is 0. The van der Waals surface area contributed by atoms with Crippen LogP contribution in [0.15, 0.2) is 48.5 Å². The molecule has 2 amide bonds. The van der Waals surface area contributed by atoms with Gasteiger partial charge in [-0.1, -0.05) is 24.3 Å². The molecule has 1 unspecified atom stereocenters. The normalized spacial score (nSPS) is 19.8. The van der Waals surface area contributed by atoms with Crippen LogP contribution in [-0.2, 0) is 11.2 Å². The average molecular weight is 348 g/mol. The number of aryl methyl sites for hydroxylation is 1. The maximum atomic E-state index is 12.7. The molecule has 26 heavy (non-hydrogen) atoms. The first-order valence-electron chi connectivity index (χ1n) is 9.51. The Bertz CT molecular complexity index is 813. The summed E-state index contributed by atoms with van der Waals surface area (Å²) in [5, 5.41) is 3.18. The number of amides is 2. The van der Waals surface area contributed by atoms with Crippen LogP contribution in [0.5, 0.6) is 0 Å². The van der Waals surface area contributed by atoms with E-state index in [1.54, 1.807) is 0 Å². The second-order valence-electron chi connectivity index (χ2n) is 7.17. The van der Waals surface area contributed by atoms with E-state index in [9.17, 15) is 9.59 Å². The monoisotopic (exact) mass is 348 g/mol. The molecule has 1 heterocycles. The van der Waals surface area contributed by atoms with Crippen LogP contribution >= 0.6 is 0 Å². The van der Waals surface area contributed by atoms with Crippen molar-refractivity contribution >= 4 is 17.5 Å². The summed E-state index contributed by atoms with van der Waals surface area (Å²) in [5.74, 6) is 0.121. The zero-order valence-electron chi connectivity index (χ0n) is 14.9. The highest BCUT2D eigenvalue weighted by molar-refractivity contribution is 5.97. The lowest BCUT2D eigenvalue weighted by atomic mass is 9.87. The molecule has 1 N–H and O–H groups in total. The van der Waals surface area contributed by atoms with E-state index >= 15 is 0 Å². The maximum Gasteiger partial charge on any atom is 0.251 e. The van der Waals surface area contributed by atoms with Crippen LogP contribution in [0.2, 0.25) is 0 Å². The van der Waals surface area contributed by atoms with Crippen LogP contribution in [0.4, 0.5) is 5.69 Å². The largest absolute Gasteiger partial charge is 0.345 e. The van der Waals surface area contributed by atoms with Crippen molar-refractivity contribution in [3.05, 3.63) is 65.2 Å². The fourth-order valence-electron chi connectivity index (χ4n) is 4.02. The number of benzene rings is 2. The highest BCUT2D eigenvalue weighted by atomic mass is 16.2. The van der Waals surface area contributed by atoms with Gasteiger partial charge in [0.2, 0.25) is 5.91 Å². The third-order valence-corrected chi connectivity index (χ3v) is 5.44. The minimum absolute atomic E-state index is 0.0526. The summed E-state index contributed by atoms with van der Waals surface area (Å²) in [7, 11) is 0. The predicted octanol–water partition coefficient (Wildman–Crippen LogP) is 4.01. The van der Waals surface area contributed by atoms with Gasteiger partial charge >= 0.3 is 0 Å². The minimum Gasteiger partial charge on any atom is -0.345 e. The van der Waals surface area contributed by atoms with E-state index in [-0.39, 0.29) is 17.9 Å². The highest BCUT2D eigenvalue weighted by Gasteiger charge is 2.23. The van der Waals surface area contributed by atoms with Crippen LogP contribution in [0.3, 0.4) is 0 Å². The molecule has 4 rings (SSSR count). The van der Waals surface area contributed by atoms with E-state index in [1.807, 2.05) is 35.2 Å². The predicted molar refractivity (Wildman–Crippen MR) is 102 cm³/mol. The van der Waals surface area contributed by atoms with Crippen molar-refractivity contribution in [3.63, 3.8) is 0 Å². The molecule has 1 aliphatic carbocycles. The van der Waals surface area contributed by atoms with Gasteiger partial charge in [-0.25, -0.2) is 0 Å². The van der Waals surface area contributed by atoms with Gasteiger partial charge in [-0.15, -0.1) is 0 Å². The van der Waals surface area contributed by atoms with E-state index in [0.29, 0.717) is 12.0 Å². The lowest BCUT2D eigenvalue weighted by molar-refractivity contribution is -0.119. The van der Waals surface area contributed by atoms with Gasteiger partial charge in [0.25, 0.3) is 5.91 Å². The second kappa shape index (κ2) is 7.32. The first-order chi connectivity index (χ1) is 12.7. The van der Waals surface area contributed by atoms with Gasteiger partial charge in [-0.2, -0.15) is 0 Å². The molecular weight excluding hydrogens is 324 g/mol. The molecule has 2 aromatic rings. The molecular formula is C22H24N2O2. The number of nitrogens with one attached hydrogen (secondary N) is 1. The Hall–Kier alpha value is -2.62. The van der Waals surface area contributed by atoms with Crippen LogP contribution in [-0.4, -0.2) is 18.4 Å². The Balaban J connectivity index is 1.47. The first kappa shape index (κ1) is 16.8. The topological polar surface area (TPSA) is 49.4 Å². The van der Waals surface area contributed by atoms with Gasteiger partial charge in [0.1, 0.15) is 0 Å². The second-order valence-corrected chi connectivity index (χ2v) is 7.17. The average Bonchev–Trinajstić information content (AvgIpc) is 2.69. The molecule has 1 saturated heterocycles. The molecule has 1 aliphatic heterocycles. The molecule has 0 radical (unpaired) electrons. The van der Waals surface area contributed by atoms with Crippen molar-refractivity contribution in [2.45, 2.75) is 44.6 Å². The zero-order valence-corrected chi connectivity index (χ0v) is 14.9. The van der Waals surface area contributed by atoms with Crippen molar-refractivity contribution in [2.24, 2.45) is 0 Å². The van der Waals surface area contributed by atoms with Crippen LogP contribution < -0.4 is 10.2 Å². The molecule has 0 bridgehead atoms.